The maximum atomic E-state index is 13.9. The third kappa shape index (κ3) is 6.52. The van der Waals surface area contributed by atoms with Crippen LogP contribution in [0.1, 0.15) is 44.0 Å². The molecule has 0 saturated heterocycles. The highest BCUT2D eigenvalue weighted by molar-refractivity contribution is 7.98. The Morgan fingerprint density at radius 3 is 2.74 bits per heavy atom. The van der Waals surface area contributed by atoms with E-state index in [4.69, 9.17) is 4.74 Å². The summed E-state index contributed by atoms with van der Waals surface area (Å²) in [4.78, 5) is 10.6. The first-order valence-electron chi connectivity index (χ1n) is 10.2. The zero-order valence-corrected chi connectivity index (χ0v) is 18.2. The number of nitro groups is 1. The Morgan fingerprint density at radius 2 is 1.97 bits per heavy atom. The van der Waals surface area contributed by atoms with Crippen LogP contribution in [0.3, 0.4) is 0 Å². The van der Waals surface area contributed by atoms with Crippen LogP contribution in [-0.2, 0) is 18.9 Å². The first kappa shape index (κ1) is 22.7. The molecule has 0 saturated carbocycles. The molecule has 3 rings (SSSR count). The van der Waals surface area contributed by atoms with Gasteiger partial charge in [-0.25, -0.2) is 4.39 Å². The number of thioether (sulfide) groups is 1. The second kappa shape index (κ2) is 11.5. The summed E-state index contributed by atoms with van der Waals surface area (Å²) in [6, 6.07) is 12.8. The molecule has 7 nitrogen and oxygen atoms in total. The van der Waals surface area contributed by atoms with Crippen molar-refractivity contribution in [2.75, 3.05) is 0 Å². The number of ether oxygens (including phenoxy) is 1. The summed E-state index contributed by atoms with van der Waals surface area (Å²) < 4.78 is 21.5. The molecule has 3 aromatic rings. The van der Waals surface area contributed by atoms with Gasteiger partial charge >= 0.3 is 0 Å². The third-order valence-electron chi connectivity index (χ3n) is 4.71. The molecule has 0 spiro atoms. The van der Waals surface area contributed by atoms with Gasteiger partial charge < -0.3 is 9.30 Å². The Kier molecular flexibility index (Phi) is 8.40. The SMILES string of the molecule is CCCCCCn1c(COc2ccccc2F)nnc1SCc1cccc([N+](=O)[O-])c1. The van der Waals surface area contributed by atoms with E-state index in [1.54, 1.807) is 30.3 Å². The zero-order valence-electron chi connectivity index (χ0n) is 17.4. The quantitative estimate of drug-likeness (QED) is 0.152. The molecule has 0 bridgehead atoms. The summed E-state index contributed by atoms with van der Waals surface area (Å²) in [7, 11) is 0. The van der Waals surface area contributed by atoms with Crippen LogP contribution in [0, 0.1) is 15.9 Å². The van der Waals surface area contributed by atoms with Gasteiger partial charge in [0, 0.05) is 24.4 Å². The molecule has 1 aromatic heterocycles. The summed E-state index contributed by atoms with van der Waals surface area (Å²) >= 11 is 1.47. The van der Waals surface area contributed by atoms with E-state index >= 15 is 0 Å². The van der Waals surface area contributed by atoms with Crippen LogP contribution in [0.2, 0.25) is 0 Å². The summed E-state index contributed by atoms with van der Waals surface area (Å²) in [5.41, 5.74) is 0.905. The van der Waals surface area contributed by atoms with Gasteiger partial charge in [0.25, 0.3) is 5.69 Å². The Bertz CT molecular complexity index is 1010. The van der Waals surface area contributed by atoms with Crippen LogP contribution in [0.15, 0.2) is 53.7 Å². The van der Waals surface area contributed by atoms with E-state index in [2.05, 4.69) is 17.1 Å². The molecule has 9 heteroatoms. The average molecular weight is 445 g/mol. The smallest absolute Gasteiger partial charge is 0.269 e. The number of benzene rings is 2. The van der Waals surface area contributed by atoms with Crippen LogP contribution in [0.5, 0.6) is 5.75 Å². The van der Waals surface area contributed by atoms with Gasteiger partial charge in [-0.3, -0.25) is 10.1 Å². The molecule has 0 atom stereocenters. The second-order valence-corrected chi connectivity index (χ2v) is 7.99. The predicted molar refractivity (Wildman–Crippen MR) is 118 cm³/mol. The molecule has 0 radical (unpaired) electrons. The lowest BCUT2D eigenvalue weighted by molar-refractivity contribution is -0.384. The number of non-ortho nitro benzene ring substituents is 1. The number of halogens is 1. The third-order valence-corrected chi connectivity index (χ3v) is 5.75. The number of rotatable bonds is 12. The van der Waals surface area contributed by atoms with Gasteiger partial charge in [-0.05, 0) is 24.1 Å². The molecule has 164 valence electrons. The van der Waals surface area contributed by atoms with Crippen molar-refractivity contribution in [2.24, 2.45) is 0 Å². The highest BCUT2D eigenvalue weighted by Crippen LogP contribution is 2.25. The highest BCUT2D eigenvalue weighted by Gasteiger charge is 2.15. The van der Waals surface area contributed by atoms with Crippen LogP contribution in [0.4, 0.5) is 10.1 Å². The molecule has 0 amide bonds. The lowest BCUT2D eigenvalue weighted by Gasteiger charge is -2.11. The lowest BCUT2D eigenvalue weighted by atomic mass is 10.2. The molecule has 0 aliphatic rings. The van der Waals surface area contributed by atoms with Crippen molar-refractivity contribution in [2.45, 2.75) is 56.7 Å². The molecule has 0 unspecified atom stereocenters. The Labute approximate surface area is 184 Å². The number of unbranched alkanes of at least 4 members (excludes halogenated alkanes) is 3. The molecule has 0 N–H and O–H groups in total. The average Bonchev–Trinajstić information content (AvgIpc) is 3.16. The van der Waals surface area contributed by atoms with Gasteiger partial charge in [-0.1, -0.05) is 62.2 Å². The van der Waals surface area contributed by atoms with Gasteiger partial charge in [0.1, 0.15) is 6.61 Å². The maximum Gasteiger partial charge on any atom is 0.269 e. The minimum absolute atomic E-state index is 0.0677. The normalized spacial score (nSPS) is 10.9. The van der Waals surface area contributed by atoms with E-state index in [0.29, 0.717) is 11.6 Å². The Hall–Kier alpha value is -2.94. The van der Waals surface area contributed by atoms with Gasteiger partial charge in [-0.15, -0.1) is 10.2 Å². The fraction of sp³-hybridized carbons (Fsp3) is 0.364. The second-order valence-electron chi connectivity index (χ2n) is 7.05. The molecule has 0 fully saturated rings. The standard InChI is InChI=1S/C22H25FN4O3S/c1-2-3-4-7-13-26-21(15-30-20-12-6-5-11-19(20)23)24-25-22(26)31-16-17-9-8-10-18(14-17)27(28)29/h5-6,8-12,14H,2-4,7,13,15-16H2,1H3. The minimum atomic E-state index is -0.420. The number of aromatic nitrogens is 3. The van der Waals surface area contributed by atoms with Crippen molar-refractivity contribution in [3.05, 3.63) is 75.9 Å². The van der Waals surface area contributed by atoms with E-state index in [0.717, 1.165) is 42.9 Å². The fourth-order valence-corrected chi connectivity index (χ4v) is 3.99. The number of hydrogen-bond acceptors (Lipinski definition) is 6. The fourth-order valence-electron chi connectivity index (χ4n) is 3.07. The zero-order chi connectivity index (χ0) is 22.1. The van der Waals surface area contributed by atoms with Crippen molar-refractivity contribution < 1.29 is 14.1 Å². The van der Waals surface area contributed by atoms with E-state index in [-0.39, 0.29) is 18.0 Å². The Balaban J connectivity index is 1.71. The monoisotopic (exact) mass is 444 g/mol. The number of nitrogens with zero attached hydrogens (tertiary/aromatic N) is 4. The van der Waals surface area contributed by atoms with E-state index in [9.17, 15) is 14.5 Å². The van der Waals surface area contributed by atoms with Crippen molar-refractivity contribution in [1.29, 1.82) is 0 Å². The van der Waals surface area contributed by atoms with Crippen LogP contribution < -0.4 is 4.74 Å². The van der Waals surface area contributed by atoms with E-state index in [1.165, 1.54) is 23.9 Å². The van der Waals surface area contributed by atoms with Crippen LogP contribution >= 0.6 is 11.8 Å². The van der Waals surface area contributed by atoms with Gasteiger partial charge in [0.15, 0.2) is 22.5 Å². The summed E-state index contributed by atoms with van der Waals surface area (Å²) in [5.74, 6) is 0.912. The van der Waals surface area contributed by atoms with Gasteiger partial charge in [0.05, 0.1) is 4.92 Å². The summed E-state index contributed by atoms with van der Waals surface area (Å²) in [6.07, 6.45) is 4.36. The molecule has 0 aliphatic heterocycles. The van der Waals surface area contributed by atoms with Crippen molar-refractivity contribution in [3.63, 3.8) is 0 Å². The van der Waals surface area contributed by atoms with Gasteiger partial charge in [-0.2, -0.15) is 0 Å². The highest BCUT2D eigenvalue weighted by atomic mass is 32.2. The maximum absolute atomic E-state index is 13.9. The number of hydrogen-bond donors (Lipinski definition) is 0. The molecule has 1 heterocycles. The number of para-hydroxylation sites is 1. The van der Waals surface area contributed by atoms with E-state index < -0.39 is 10.7 Å². The molecule has 0 aliphatic carbocycles. The summed E-state index contributed by atoms with van der Waals surface area (Å²) in [6.45, 7) is 3.01. The van der Waals surface area contributed by atoms with Crippen LogP contribution in [-0.4, -0.2) is 19.7 Å². The summed E-state index contributed by atoms with van der Waals surface area (Å²) in [5, 5.41) is 20.3. The van der Waals surface area contributed by atoms with Crippen LogP contribution in [0.25, 0.3) is 0 Å². The predicted octanol–water partition coefficient (Wildman–Crippen LogP) is 5.78. The topological polar surface area (TPSA) is 83.1 Å². The van der Waals surface area contributed by atoms with Gasteiger partial charge in [0.2, 0.25) is 0 Å². The van der Waals surface area contributed by atoms with Crippen molar-refractivity contribution in [1.82, 2.24) is 14.8 Å². The molecule has 31 heavy (non-hydrogen) atoms. The first-order valence-corrected chi connectivity index (χ1v) is 11.2. The number of nitro benzene ring substituents is 1. The van der Waals surface area contributed by atoms with Crippen molar-refractivity contribution >= 4 is 17.4 Å². The first-order chi connectivity index (χ1) is 15.1. The van der Waals surface area contributed by atoms with E-state index in [1.807, 2.05) is 10.6 Å². The molecular formula is C22H25FN4O3S. The Morgan fingerprint density at radius 1 is 1.13 bits per heavy atom. The lowest BCUT2D eigenvalue weighted by Crippen LogP contribution is -2.09. The largest absolute Gasteiger partial charge is 0.483 e. The molecule has 2 aromatic carbocycles. The minimum Gasteiger partial charge on any atom is -0.483 e. The van der Waals surface area contributed by atoms with Crippen molar-refractivity contribution in [3.8, 4) is 5.75 Å². The molecular weight excluding hydrogens is 419 g/mol.